The van der Waals surface area contributed by atoms with Gasteiger partial charge in [-0.1, -0.05) is 0 Å². The summed E-state index contributed by atoms with van der Waals surface area (Å²) in [4.78, 5) is 15.0. The van der Waals surface area contributed by atoms with E-state index in [1.54, 1.807) is 14.2 Å². The molecule has 0 atom stereocenters. The van der Waals surface area contributed by atoms with E-state index in [1.165, 1.54) is 17.0 Å². The first kappa shape index (κ1) is 19.1. The lowest BCUT2D eigenvalue weighted by Crippen LogP contribution is -2.36. The van der Waals surface area contributed by atoms with Crippen molar-refractivity contribution >= 4 is 5.91 Å². The number of hydrogen-bond acceptors (Lipinski definition) is 3. The quantitative estimate of drug-likeness (QED) is 0.667. The van der Waals surface area contributed by atoms with E-state index in [-0.39, 0.29) is 5.91 Å². The topological polar surface area (TPSA) is 43.7 Å². The Morgan fingerprint density at radius 3 is 2.03 bits per heavy atom. The maximum absolute atomic E-state index is 13.1. The molecule has 150 valence electrons. The Balaban J connectivity index is 1.55. The zero-order valence-corrected chi connectivity index (χ0v) is 17.4. The Morgan fingerprint density at radius 1 is 0.862 bits per heavy atom. The van der Waals surface area contributed by atoms with Crippen molar-refractivity contribution in [2.45, 2.75) is 26.8 Å². The minimum atomic E-state index is 0.0536. The Hall–Kier alpha value is -3.21. The predicted octanol–water partition coefficient (Wildman–Crippen LogP) is 4.31. The van der Waals surface area contributed by atoms with Crippen LogP contribution in [-0.2, 0) is 13.0 Å². The van der Waals surface area contributed by atoms with Crippen LogP contribution >= 0.6 is 0 Å². The molecule has 29 heavy (non-hydrogen) atoms. The molecule has 0 fully saturated rings. The number of aryl methyl sites for hydroxylation is 2. The van der Waals surface area contributed by atoms with Crippen LogP contribution in [0.5, 0.6) is 11.5 Å². The van der Waals surface area contributed by atoms with E-state index in [2.05, 4.69) is 30.5 Å². The Morgan fingerprint density at radius 2 is 1.45 bits per heavy atom. The second-order valence-electron chi connectivity index (χ2n) is 7.45. The SMILES string of the molecule is COc1cc2c(cc1OC)CN(C(=O)c1ccc(-n3c(C)ccc3C)cc1)CC2. The number of carbonyl (C=O) groups excluding carboxylic acids is 1. The lowest BCUT2D eigenvalue weighted by molar-refractivity contribution is 0.0734. The van der Waals surface area contributed by atoms with Crippen molar-refractivity contribution in [3.63, 3.8) is 0 Å². The number of fused-ring (bicyclic) bond motifs is 1. The Bertz CT molecular complexity index is 1030. The van der Waals surface area contributed by atoms with Crippen LogP contribution in [0.15, 0.2) is 48.5 Å². The van der Waals surface area contributed by atoms with Crippen LogP contribution < -0.4 is 9.47 Å². The molecule has 0 radical (unpaired) electrons. The molecular weight excluding hydrogens is 364 g/mol. The van der Waals surface area contributed by atoms with Crippen LogP contribution in [0.4, 0.5) is 0 Å². The largest absolute Gasteiger partial charge is 0.493 e. The van der Waals surface area contributed by atoms with Gasteiger partial charge in [-0.05, 0) is 79.9 Å². The molecule has 1 aromatic heterocycles. The summed E-state index contributed by atoms with van der Waals surface area (Å²) < 4.78 is 13.0. The third-order valence-electron chi connectivity index (χ3n) is 5.65. The van der Waals surface area contributed by atoms with E-state index in [1.807, 2.05) is 41.3 Å². The zero-order chi connectivity index (χ0) is 20.5. The van der Waals surface area contributed by atoms with Gasteiger partial charge >= 0.3 is 0 Å². The monoisotopic (exact) mass is 390 g/mol. The van der Waals surface area contributed by atoms with Crippen LogP contribution in [0.25, 0.3) is 5.69 Å². The molecular formula is C24H26N2O3. The second kappa shape index (κ2) is 7.66. The van der Waals surface area contributed by atoms with E-state index >= 15 is 0 Å². The van der Waals surface area contributed by atoms with Crippen LogP contribution in [0.2, 0.25) is 0 Å². The minimum Gasteiger partial charge on any atom is -0.493 e. The summed E-state index contributed by atoms with van der Waals surface area (Å²) in [5.74, 6) is 1.48. The van der Waals surface area contributed by atoms with Crippen LogP contribution in [0.3, 0.4) is 0 Å². The van der Waals surface area contributed by atoms with Gasteiger partial charge in [-0.3, -0.25) is 4.79 Å². The number of methoxy groups -OCH3 is 2. The smallest absolute Gasteiger partial charge is 0.254 e. The van der Waals surface area contributed by atoms with Gasteiger partial charge in [-0.25, -0.2) is 0 Å². The number of hydrogen-bond donors (Lipinski definition) is 0. The van der Waals surface area contributed by atoms with E-state index in [0.717, 1.165) is 23.4 Å². The highest BCUT2D eigenvalue weighted by Gasteiger charge is 2.23. The highest BCUT2D eigenvalue weighted by molar-refractivity contribution is 5.94. The molecule has 0 unspecified atom stereocenters. The van der Waals surface area contributed by atoms with Gasteiger partial charge in [-0.15, -0.1) is 0 Å². The minimum absolute atomic E-state index is 0.0536. The van der Waals surface area contributed by atoms with E-state index in [0.29, 0.717) is 24.4 Å². The van der Waals surface area contributed by atoms with Crippen LogP contribution in [-0.4, -0.2) is 36.1 Å². The van der Waals surface area contributed by atoms with Crippen molar-refractivity contribution < 1.29 is 14.3 Å². The summed E-state index contributed by atoms with van der Waals surface area (Å²) in [5.41, 5.74) is 6.46. The van der Waals surface area contributed by atoms with Gasteiger partial charge in [0.25, 0.3) is 5.91 Å². The molecule has 5 heteroatoms. The lowest BCUT2D eigenvalue weighted by atomic mass is 9.98. The molecule has 0 saturated heterocycles. The van der Waals surface area contributed by atoms with E-state index in [4.69, 9.17) is 9.47 Å². The molecule has 2 heterocycles. The summed E-state index contributed by atoms with van der Waals surface area (Å²) in [6, 6.07) is 16.1. The molecule has 4 rings (SSSR count). The Kier molecular flexibility index (Phi) is 5.05. The van der Waals surface area contributed by atoms with Crippen molar-refractivity contribution in [1.82, 2.24) is 9.47 Å². The maximum Gasteiger partial charge on any atom is 0.254 e. The Labute approximate surface area is 171 Å². The molecule has 0 N–H and O–H groups in total. The number of benzene rings is 2. The number of amides is 1. The summed E-state index contributed by atoms with van der Waals surface area (Å²) in [5, 5.41) is 0. The first-order chi connectivity index (χ1) is 14.0. The number of nitrogens with zero attached hydrogens (tertiary/aromatic N) is 2. The van der Waals surface area contributed by atoms with Crippen molar-refractivity contribution in [2.24, 2.45) is 0 Å². The van der Waals surface area contributed by atoms with Crippen LogP contribution in [0, 0.1) is 13.8 Å². The maximum atomic E-state index is 13.1. The fourth-order valence-electron chi connectivity index (χ4n) is 4.07. The van der Waals surface area contributed by atoms with Gasteiger partial charge in [0, 0.05) is 35.7 Å². The van der Waals surface area contributed by atoms with Crippen molar-refractivity contribution in [1.29, 1.82) is 0 Å². The summed E-state index contributed by atoms with van der Waals surface area (Å²) in [7, 11) is 3.27. The third-order valence-corrected chi connectivity index (χ3v) is 5.65. The zero-order valence-electron chi connectivity index (χ0n) is 17.4. The van der Waals surface area contributed by atoms with E-state index in [9.17, 15) is 4.79 Å². The van der Waals surface area contributed by atoms with Gasteiger partial charge in [0.15, 0.2) is 11.5 Å². The molecule has 1 amide bonds. The molecule has 0 bridgehead atoms. The second-order valence-corrected chi connectivity index (χ2v) is 7.45. The highest BCUT2D eigenvalue weighted by Crippen LogP contribution is 2.33. The normalized spacial score (nSPS) is 13.2. The average Bonchev–Trinajstić information content (AvgIpc) is 3.09. The van der Waals surface area contributed by atoms with Gasteiger partial charge in [0.1, 0.15) is 0 Å². The predicted molar refractivity (Wildman–Crippen MR) is 113 cm³/mol. The van der Waals surface area contributed by atoms with E-state index < -0.39 is 0 Å². The third kappa shape index (κ3) is 3.48. The van der Waals surface area contributed by atoms with Crippen molar-refractivity contribution in [3.8, 4) is 17.2 Å². The van der Waals surface area contributed by atoms with Crippen molar-refractivity contribution in [3.05, 3.63) is 76.6 Å². The summed E-state index contributed by atoms with van der Waals surface area (Å²) in [6.07, 6.45) is 0.807. The number of ether oxygens (including phenoxy) is 2. The fourth-order valence-corrected chi connectivity index (χ4v) is 4.07. The average molecular weight is 390 g/mol. The molecule has 1 aliphatic heterocycles. The van der Waals surface area contributed by atoms with Crippen molar-refractivity contribution in [2.75, 3.05) is 20.8 Å². The summed E-state index contributed by atoms with van der Waals surface area (Å²) >= 11 is 0. The van der Waals surface area contributed by atoms with Crippen LogP contribution in [0.1, 0.15) is 32.9 Å². The molecule has 1 aliphatic rings. The van der Waals surface area contributed by atoms with Gasteiger partial charge in [0.05, 0.1) is 14.2 Å². The molecule has 0 aliphatic carbocycles. The standard InChI is InChI=1S/C24H26N2O3/c1-16-5-6-17(2)26(16)21-9-7-18(8-10-21)24(27)25-12-11-19-13-22(28-3)23(29-4)14-20(19)15-25/h5-10,13-14H,11-12,15H2,1-4H3. The first-order valence-corrected chi connectivity index (χ1v) is 9.80. The van der Waals surface area contributed by atoms with Gasteiger partial charge in [-0.2, -0.15) is 0 Å². The summed E-state index contributed by atoms with van der Waals surface area (Å²) in [6.45, 7) is 5.44. The lowest BCUT2D eigenvalue weighted by Gasteiger charge is -2.29. The molecule has 5 nitrogen and oxygen atoms in total. The molecule has 2 aromatic carbocycles. The molecule has 0 saturated carbocycles. The fraction of sp³-hybridized carbons (Fsp3) is 0.292. The van der Waals surface area contributed by atoms with Gasteiger partial charge in [0.2, 0.25) is 0 Å². The van der Waals surface area contributed by atoms with Gasteiger partial charge < -0.3 is 18.9 Å². The number of aromatic nitrogens is 1. The number of carbonyl (C=O) groups is 1. The highest BCUT2D eigenvalue weighted by atomic mass is 16.5. The first-order valence-electron chi connectivity index (χ1n) is 9.80. The number of rotatable bonds is 4. The molecule has 0 spiro atoms. The molecule has 3 aromatic rings.